The molecule has 1 N–H and O–H groups in total. The van der Waals surface area contributed by atoms with E-state index in [1.807, 2.05) is 81.5 Å². The van der Waals surface area contributed by atoms with Crippen molar-refractivity contribution in [2.45, 2.75) is 26.4 Å². The maximum absolute atomic E-state index is 12.2. The Hall–Kier alpha value is -2.95. The summed E-state index contributed by atoms with van der Waals surface area (Å²) in [5.74, 6) is 0.779. The summed E-state index contributed by atoms with van der Waals surface area (Å²) < 4.78 is 32.5. The van der Waals surface area contributed by atoms with E-state index in [9.17, 15) is 4.79 Å². The van der Waals surface area contributed by atoms with E-state index in [2.05, 4.69) is 0 Å². The lowest BCUT2D eigenvalue weighted by molar-refractivity contribution is -0.00779. The van der Waals surface area contributed by atoms with Crippen molar-refractivity contribution >= 4 is 23.9 Å². The number of carbonyl (C=O) groups excluding carboxylic acids is 1. The summed E-state index contributed by atoms with van der Waals surface area (Å²) in [6.45, 7) is 9.76. The first-order chi connectivity index (χ1) is 18.8. The molecule has 2 rings (SSSR count). The molecule has 0 bridgehead atoms. The standard InChI is InChI=1S/C30H43NO8/c1-30(2,3)39-29(33)31(4)27-11-7-25(8-12-27)5-6-26-9-13-28(14-10-26)38-24-23-37-22-21-36-20-19-35-18-17-34-16-15-32/h5-14,32H,15-24H2,1-4H3/b6-5+. The van der Waals surface area contributed by atoms with Crippen molar-refractivity contribution in [1.82, 2.24) is 0 Å². The molecule has 0 radical (unpaired) electrons. The van der Waals surface area contributed by atoms with E-state index in [0.29, 0.717) is 59.5 Å². The molecule has 0 aliphatic carbocycles. The highest BCUT2D eigenvalue weighted by atomic mass is 16.6. The predicted octanol–water partition coefficient (Wildman–Crippen LogP) is 4.67. The Bertz CT molecular complexity index is 954. The van der Waals surface area contributed by atoms with Crippen LogP contribution in [0.15, 0.2) is 48.5 Å². The first kappa shape index (κ1) is 32.3. The van der Waals surface area contributed by atoms with Crippen LogP contribution < -0.4 is 9.64 Å². The van der Waals surface area contributed by atoms with Gasteiger partial charge in [-0.25, -0.2) is 4.79 Å². The van der Waals surface area contributed by atoms with Crippen LogP contribution in [0.5, 0.6) is 5.75 Å². The highest BCUT2D eigenvalue weighted by Gasteiger charge is 2.20. The second-order valence-corrected chi connectivity index (χ2v) is 9.55. The zero-order chi connectivity index (χ0) is 28.3. The average Bonchev–Trinajstić information content (AvgIpc) is 2.91. The molecule has 216 valence electrons. The molecule has 39 heavy (non-hydrogen) atoms. The Labute approximate surface area is 232 Å². The van der Waals surface area contributed by atoms with Gasteiger partial charge in [-0.3, -0.25) is 4.90 Å². The molecule has 1 amide bonds. The number of carbonyl (C=O) groups is 1. The van der Waals surface area contributed by atoms with Crippen LogP contribution in [-0.4, -0.2) is 89.9 Å². The SMILES string of the molecule is CN(C(=O)OC(C)(C)C)c1ccc(/C=C/c2ccc(OCCOCCOCCOCCOCCO)cc2)cc1. The van der Waals surface area contributed by atoms with Gasteiger partial charge in [-0.1, -0.05) is 36.4 Å². The first-order valence-electron chi connectivity index (χ1n) is 13.2. The van der Waals surface area contributed by atoms with E-state index >= 15 is 0 Å². The van der Waals surface area contributed by atoms with Crippen LogP contribution in [0.4, 0.5) is 10.5 Å². The number of nitrogens with zero attached hydrogens (tertiary/aromatic N) is 1. The van der Waals surface area contributed by atoms with Gasteiger partial charge in [0.25, 0.3) is 0 Å². The minimum atomic E-state index is -0.534. The minimum absolute atomic E-state index is 0.0229. The van der Waals surface area contributed by atoms with E-state index in [1.165, 1.54) is 4.90 Å². The number of hydrogen-bond acceptors (Lipinski definition) is 8. The zero-order valence-electron chi connectivity index (χ0n) is 23.6. The van der Waals surface area contributed by atoms with Gasteiger partial charge in [0.1, 0.15) is 18.0 Å². The predicted molar refractivity (Wildman–Crippen MR) is 152 cm³/mol. The molecule has 0 fully saturated rings. The van der Waals surface area contributed by atoms with Crippen molar-refractivity contribution in [3.63, 3.8) is 0 Å². The van der Waals surface area contributed by atoms with Crippen LogP contribution in [0.25, 0.3) is 12.2 Å². The molecule has 0 heterocycles. The topological polar surface area (TPSA) is 95.9 Å². The van der Waals surface area contributed by atoms with Crippen LogP contribution in [0.3, 0.4) is 0 Å². The van der Waals surface area contributed by atoms with Gasteiger partial charge >= 0.3 is 6.09 Å². The Morgan fingerprint density at radius 1 is 0.718 bits per heavy atom. The van der Waals surface area contributed by atoms with Crippen molar-refractivity contribution in [3.05, 3.63) is 59.7 Å². The molecule has 0 saturated carbocycles. The lowest BCUT2D eigenvalue weighted by Crippen LogP contribution is -2.34. The van der Waals surface area contributed by atoms with Gasteiger partial charge in [0.05, 0.1) is 59.5 Å². The fourth-order valence-corrected chi connectivity index (χ4v) is 3.16. The summed E-state index contributed by atoms with van der Waals surface area (Å²) in [5.41, 5.74) is 2.30. The molecular weight excluding hydrogens is 502 g/mol. The van der Waals surface area contributed by atoms with Crippen molar-refractivity contribution in [2.75, 3.05) is 78.0 Å². The van der Waals surface area contributed by atoms with Gasteiger partial charge in [-0.05, 0) is 56.2 Å². The zero-order valence-corrected chi connectivity index (χ0v) is 23.6. The molecule has 9 nitrogen and oxygen atoms in total. The molecule has 0 spiro atoms. The van der Waals surface area contributed by atoms with Crippen LogP contribution in [0.1, 0.15) is 31.9 Å². The van der Waals surface area contributed by atoms with Crippen molar-refractivity contribution in [1.29, 1.82) is 0 Å². The molecule has 9 heteroatoms. The summed E-state index contributed by atoms with van der Waals surface area (Å²) >= 11 is 0. The Morgan fingerprint density at radius 2 is 1.15 bits per heavy atom. The second-order valence-electron chi connectivity index (χ2n) is 9.55. The Morgan fingerprint density at radius 3 is 1.62 bits per heavy atom. The average molecular weight is 546 g/mol. The van der Waals surface area contributed by atoms with Crippen molar-refractivity contribution in [2.24, 2.45) is 0 Å². The number of amides is 1. The summed E-state index contributed by atoms with van der Waals surface area (Å²) in [5, 5.41) is 8.59. The number of aliphatic hydroxyl groups is 1. The molecule has 2 aromatic rings. The quantitative estimate of drug-likeness (QED) is 0.213. The van der Waals surface area contributed by atoms with Gasteiger partial charge < -0.3 is 33.5 Å². The van der Waals surface area contributed by atoms with E-state index in [4.69, 9.17) is 33.5 Å². The monoisotopic (exact) mass is 545 g/mol. The minimum Gasteiger partial charge on any atom is -0.491 e. The van der Waals surface area contributed by atoms with E-state index in [1.54, 1.807) is 7.05 Å². The van der Waals surface area contributed by atoms with Gasteiger partial charge in [-0.2, -0.15) is 0 Å². The molecule has 0 aliphatic rings. The van der Waals surface area contributed by atoms with Gasteiger partial charge in [0.2, 0.25) is 0 Å². The molecular formula is C30H43NO8. The second kappa shape index (κ2) is 18.4. The van der Waals surface area contributed by atoms with Crippen LogP contribution in [0.2, 0.25) is 0 Å². The van der Waals surface area contributed by atoms with Crippen molar-refractivity contribution in [3.8, 4) is 5.75 Å². The van der Waals surface area contributed by atoms with E-state index in [0.717, 1.165) is 22.6 Å². The molecule has 2 aromatic carbocycles. The molecule has 0 aliphatic heterocycles. The molecule has 0 unspecified atom stereocenters. The molecule has 0 aromatic heterocycles. The number of hydrogen-bond donors (Lipinski definition) is 1. The highest BCUT2D eigenvalue weighted by molar-refractivity contribution is 5.87. The lowest BCUT2D eigenvalue weighted by atomic mass is 10.1. The summed E-state index contributed by atoms with van der Waals surface area (Å²) in [4.78, 5) is 13.7. The third-order valence-electron chi connectivity index (χ3n) is 5.14. The van der Waals surface area contributed by atoms with Gasteiger partial charge in [-0.15, -0.1) is 0 Å². The fraction of sp³-hybridized carbons (Fsp3) is 0.500. The number of aliphatic hydroxyl groups excluding tert-OH is 1. The number of anilines is 1. The van der Waals surface area contributed by atoms with Crippen LogP contribution >= 0.6 is 0 Å². The first-order valence-corrected chi connectivity index (χ1v) is 13.2. The molecule has 0 saturated heterocycles. The maximum atomic E-state index is 12.2. The van der Waals surface area contributed by atoms with Crippen LogP contribution in [-0.2, 0) is 23.7 Å². The maximum Gasteiger partial charge on any atom is 0.414 e. The lowest BCUT2D eigenvalue weighted by Gasteiger charge is -2.24. The number of benzene rings is 2. The normalized spacial score (nSPS) is 11.6. The number of rotatable bonds is 18. The van der Waals surface area contributed by atoms with Crippen molar-refractivity contribution < 1.29 is 38.3 Å². The smallest absolute Gasteiger partial charge is 0.414 e. The summed E-state index contributed by atoms with van der Waals surface area (Å²) in [6, 6.07) is 15.5. The van der Waals surface area contributed by atoms with Crippen LogP contribution in [0, 0.1) is 0 Å². The largest absolute Gasteiger partial charge is 0.491 e. The van der Waals surface area contributed by atoms with Gasteiger partial charge in [0, 0.05) is 12.7 Å². The highest BCUT2D eigenvalue weighted by Crippen LogP contribution is 2.19. The Kier molecular flexibility index (Phi) is 15.2. The van der Waals surface area contributed by atoms with Gasteiger partial charge in [0.15, 0.2) is 0 Å². The summed E-state index contributed by atoms with van der Waals surface area (Å²) in [7, 11) is 1.70. The molecule has 0 atom stereocenters. The third kappa shape index (κ3) is 14.7. The van der Waals surface area contributed by atoms with E-state index in [-0.39, 0.29) is 12.7 Å². The third-order valence-corrected chi connectivity index (χ3v) is 5.14. The summed E-state index contributed by atoms with van der Waals surface area (Å²) in [6.07, 6.45) is 3.66. The fourth-order valence-electron chi connectivity index (χ4n) is 3.16. The number of ether oxygens (including phenoxy) is 6. The Balaban J connectivity index is 1.59. The van der Waals surface area contributed by atoms with E-state index < -0.39 is 5.60 Å².